The second-order valence-corrected chi connectivity index (χ2v) is 6.17. The van der Waals surface area contributed by atoms with E-state index in [0.29, 0.717) is 12.6 Å². The van der Waals surface area contributed by atoms with Gasteiger partial charge in [-0.05, 0) is 25.1 Å². The summed E-state index contributed by atoms with van der Waals surface area (Å²) in [7, 11) is 3.67. The van der Waals surface area contributed by atoms with E-state index < -0.39 is 0 Å². The summed E-state index contributed by atoms with van der Waals surface area (Å²) in [5, 5.41) is 10.8. The van der Waals surface area contributed by atoms with Crippen LogP contribution in [-0.2, 0) is 20.0 Å². The average Bonchev–Trinajstić information content (AvgIpc) is 3.08. The zero-order valence-corrected chi connectivity index (χ0v) is 19.1. The van der Waals surface area contributed by atoms with Gasteiger partial charge in [-0.3, -0.25) is 14.6 Å². The van der Waals surface area contributed by atoms with Gasteiger partial charge in [-0.1, -0.05) is 44.2 Å². The summed E-state index contributed by atoms with van der Waals surface area (Å²) in [6.45, 7) is 7.90. The molecule has 0 radical (unpaired) electrons. The summed E-state index contributed by atoms with van der Waals surface area (Å²) >= 11 is 0. The summed E-state index contributed by atoms with van der Waals surface area (Å²) in [6.07, 6.45) is 2.57. The van der Waals surface area contributed by atoms with Crippen molar-refractivity contribution >= 4 is 29.9 Å². The number of guanidine groups is 1. The first-order valence-corrected chi connectivity index (χ1v) is 9.23. The maximum atomic E-state index is 4.33. The SMILES string of the molecule is CCN(CC)C(CNC(=NC)NCc1ncnn1C)Cc1ccccc1.I. The van der Waals surface area contributed by atoms with Gasteiger partial charge in [0.2, 0.25) is 0 Å². The molecule has 2 aromatic rings. The van der Waals surface area contributed by atoms with Crippen molar-refractivity contribution < 1.29 is 0 Å². The Morgan fingerprint density at radius 3 is 2.44 bits per heavy atom. The number of aryl methyl sites for hydroxylation is 1. The lowest BCUT2D eigenvalue weighted by Crippen LogP contribution is -2.48. The summed E-state index contributed by atoms with van der Waals surface area (Å²) in [5.41, 5.74) is 1.35. The van der Waals surface area contributed by atoms with Gasteiger partial charge < -0.3 is 10.6 Å². The van der Waals surface area contributed by atoms with Gasteiger partial charge in [0.25, 0.3) is 0 Å². The minimum Gasteiger partial charge on any atom is -0.355 e. The molecule has 0 aliphatic heterocycles. The van der Waals surface area contributed by atoms with E-state index in [4.69, 9.17) is 0 Å². The summed E-state index contributed by atoms with van der Waals surface area (Å²) in [4.78, 5) is 11.0. The van der Waals surface area contributed by atoms with Gasteiger partial charge in [0.05, 0.1) is 6.54 Å². The molecule has 2 N–H and O–H groups in total. The largest absolute Gasteiger partial charge is 0.355 e. The molecule has 0 bridgehead atoms. The van der Waals surface area contributed by atoms with Crippen molar-refractivity contribution in [3.05, 3.63) is 48.0 Å². The van der Waals surface area contributed by atoms with Crippen molar-refractivity contribution in [2.45, 2.75) is 32.9 Å². The van der Waals surface area contributed by atoms with E-state index in [1.54, 1.807) is 18.1 Å². The van der Waals surface area contributed by atoms with Crippen molar-refractivity contribution in [1.82, 2.24) is 30.3 Å². The fourth-order valence-electron chi connectivity index (χ4n) is 3.03. The minimum absolute atomic E-state index is 0. The maximum Gasteiger partial charge on any atom is 0.191 e. The van der Waals surface area contributed by atoms with Crippen LogP contribution in [0.5, 0.6) is 0 Å². The molecule has 1 unspecified atom stereocenters. The molecule has 27 heavy (non-hydrogen) atoms. The molecule has 0 fully saturated rings. The van der Waals surface area contributed by atoms with E-state index >= 15 is 0 Å². The number of hydrogen-bond donors (Lipinski definition) is 2. The number of nitrogens with one attached hydrogen (secondary N) is 2. The Labute approximate surface area is 179 Å². The maximum absolute atomic E-state index is 4.33. The van der Waals surface area contributed by atoms with Crippen LogP contribution < -0.4 is 10.6 Å². The first kappa shape index (κ1) is 23.4. The first-order valence-electron chi connectivity index (χ1n) is 9.23. The Bertz CT molecular complexity index is 668. The van der Waals surface area contributed by atoms with E-state index in [2.05, 4.69) is 74.8 Å². The smallest absolute Gasteiger partial charge is 0.191 e. The van der Waals surface area contributed by atoms with Gasteiger partial charge in [0.15, 0.2) is 5.96 Å². The number of rotatable bonds is 9. The summed E-state index contributed by atoms with van der Waals surface area (Å²) in [5.74, 6) is 1.65. The topological polar surface area (TPSA) is 70.4 Å². The summed E-state index contributed by atoms with van der Waals surface area (Å²) < 4.78 is 1.76. The zero-order valence-electron chi connectivity index (χ0n) is 16.7. The predicted molar refractivity (Wildman–Crippen MR) is 121 cm³/mol. The first-order chi connectivity index (χ1) is 12.7. The quantitative estimate of drug-likeness (QED) is 0.323. The Kier molecular flexibility index (Phi) is 11.0. The van der Waals surface area contributed by atoms with Crippen LogP contribution in [0.2, 0.25) is 0 Å². The van der Waals surface area contributed by atoms with Gasteiger partial charge in [-0.15, -0.1) is 24.0 Å². The van der Waals surface area contributed by atoms with Gasteiger partial charge in [0.1, 0.15) is 12.2 Å². The number of hydrogen-bond acceptors (Lipinski definition) is 4. The third-order valence-electron chi connectivity index (χ3n) is 4.59. The van der Waals surface area contributed by atoms with Gasteiger partial charge in [-0.2, -0.15) is 5.10 Å². The normalized spacial score (nSPS) is 12.6. The lowest BCUT2D eigenvalue weighted by molar-refractivity contribution is 0.215. The standard InChI is InChI=1S/C19H31N7.HI/c1-5-26(6-2)17(12-16-10-8-7-9-11-16)13-21-19(20-3)22-14-18-23-15-24-25(18)4;/h7-11,15,17H,5-6,12-14H2,1-4H3,(H2,20,21,22);1H. The average molecular weight is 485 g/mol. The van der Waals surface area contributed by atoms with Crippen LogP contribution in [0.4, 0.5) is 0 Å². The van der Waals surface area contributed by atoms with Gasteiger partial charge in [0, 0.05) is 26.7 Å². The van der Waals surface area contributed by atoms with Gasteiger partial charge in [-0.25, -0.2) is 4.98 Å². The van der Waals surface area contributed by atoms with Crippen molar-refractivity contribution in [2.75, 3.05) is 26.7 Å². The molecule has 1 aromatic carbocycles. The van der Waals surface area contributed by atoms with Crippen LogP contribution in [0.15, 0.2) is 41.7 Å². The highest BCUT2D eigenvalue weighted by atomic mass is 127. The molecular formula is C19H32IN7. The molecule has 0 amide bonds. The molecule has 0 spiro atoms. The van der Waals surface area contributed by atoms with E-state index in [1.807, 2.05) is 7.05 Å². The molecule has 2 rings (SSSR count). The zero-order chi connectivity index (χ0) is 18.8. The highest BCUT2D eigenvalue weighted by Gasteiger charge is 2.17. The van der Waals surface area contributed by atoms with E-state index in [0.717, 1.165) is 37.8 Å². The van der Waals surface area contributed by atoms with Gasteiger partial charge >= 0.3 is 0 Å². The van der Waals surface area contributed by atoms with Crippen molar-refractivity contribution in [3.63, 3.8) is 0 Å². The van der Waals surface area contributed by atoms with Crippen LogP contribution in [0, 0.1) is 0 Å². The predicted octanol–water partition coefficient (Wildman–Crippen LogP) is 2.05. The highest BCUT2D eigenvalue weighted by molar-refractivity contribution is 14.0. The second-order valence-electron chi connectivity index (χ2n) is 6.17. The molecule has 1 aromatic heterocycles. The Morgan fingerprint density at radius 1 is 1.19 bits per heavy atom. The Balaban J connectivity index is 0.00000364. The molecule has 0 saturated heterocycles. The van der Waals surface area contributed by atoms with Crippen molar-refractivity contribution in [1.29, 1.82) is 0 Å². The molecule has 8 heteroatoms. The van der Waals surface area contributed by atoms with Crippen LogP contribution >= 0.6 is 24.0 Å². The fourth-order valence-corrected chi connectivity index (χ4v) is 3.03. The van der Waals surface area contributed by atoms with Crippen LogP contribution in [0.3, 0.4) is 0 Å². The molecule has 7 nitrogen and oxygen atoms in total. The molecule has 1 heterocycles. The van der Waals surface area contributed by atoms with E-state index in [-0.39, 0.29) is 24.0 Å². The van der Waals surface area contributed by atoms with Crippen molar-refractivity contribution in [2.24, 2.45) is 12.0 Å². The number of likely N-dealkylation sites (N-methyl/N-ethyl adjacent to an activating group) is 1. The third-order valence-corrected chi connectivity index (χ3v) is 4.59. The number of nitrogens with zero attached hydrogens (tertiary/aromatic N) is 5. The monoisotopic (exact) mass is 485 g/mol. The van der Waals surface area contributed by atoms with Crippen LogP contribution in [0.25, 0.3) is 0 Å². The van der Waals surface area contributed by atoms with E-state index in [9.17, 15) is 0 Å². The fraction of sp³-hybridized carbons (Fsp3) is 0.526. The van der Waals surface area contributed by atoms with E-state index in [1.165, 1.54) is 5.56 Å². The highest BCUT2D eigenvalue weighted by Crippen LogP contribution is 2.08. The molecule has 0 aliphatic rings. The number of halogens is 1. The van der Waals surface area contributed by atoms with Crippen molar-refractivity contribution in [3.8, 4) is 0 Å². The Morgan fingerprint density at radius 2 is 1.89 bits per heavy atom. The lowest BCUT2D eigenvalue weighted by atomic mass is 10.0. The van der Waals surface area contributed by atoms with Crippen LogP contribution in [0.1, 0.15) is 25.2 Å². The molecular weight excluding hydrogens is 453 g/mol. The lowest BCUT2D eigenvalue weighted by Gasteiger charge is -2.30. The summed E-state index contributed by atoms with van der Waals surface area (Å²) in [6, 6.07) is 11.1. The second kappa shape index (κ2) is 12.7. The number of aliphatic imine (C=N–C) groups is 1. The number of aromatic nitrogens is 3. The molecule has 0 aliphatic carbocycles. The number of benzene rings is 1. The Hall–Kier alpha value is -1.68. The molecule has 1 atom stereocenters. The third kappa shape index (κ3) is 7.45. The minimum atomic E-state index is 0. The van der Waals surface area contributed by atoms with Crippen LogP contribution in [-0.4, -0.2) is 58.3 Å². The molecule has 150 valence electrons. The molecule has 0 saturated carbocycles.